The lowest BCUT2D eigenvalue weighted by Crippen LogP contribution is -2.36. The third kappa shape index (κ3) is 4.29. The minimum absolute atomic E-state index is 0.172. The Labute approximate surface area is 60.6 Å². The van der Waals surface area contributed by atoms with Gasteiger partial charge in [0.25, 0.3) is 5.91 Å². The van der Waals surface area contributed by atoms with E-state index in [4.69, 9.17) is 5.21 Å². The Kier molecular flexibility index (Phi) is 4.88. The Morgan fingerprint density at radius 2 is 2.30 bits per heavy atom. The van der Waals surface area contributed by atoms with Crippen molar-refractivity contribution in [2.24, 2.45) is 0 Å². The highest BCUT2D eigenvalue weighted by Gasteiger charge is 2.00. The Morgan fingerprint density at radius 3 is 2.70 bits per heavy atom. The number of carbonyl (C=O) groups excluding carboxylic acids is 1. The van der Waals surface area contributed by atoms with Crippen molar-refractivity contribution in [1.29, 1.82) is 0 Å². The molecule has 0 heterocycles. The molecule has 4 heteroatoms. The molecule has 3 N–H and O–H groups in total. The summed E-state index contributed by atoms with van der Waals surface area (Å²) in [6.45, 7) is 4.17. The largest absolute Gasteiger partial charge is 0.306 e. The lowest BCUT2D eigenvalue weighted by atomic mass is 10.3. The molecule has 0 aromatic rings. The maximum Gasteiger partial charge on any atom is 0.257 e. The maximum absolute atomic E-state index is 10.4. The van der Waals surface area contributed by atoms with Gasteiger partial charge in [-0.25, -0.2) is 5.48 Å². The van der Waals surface area contributed by atoms with Crippen LogP contribution in [0.25, 0.3) is 0 Å². The molecular formula is C6H14N2O2. The normalized spacial score (nSPS) is 12.7. The van der Waals surface area contributed by atoms with Gasteiger partial charge in [0.05, 0.1) is 6.54 Å². The Bertz CT molecular complexity index is 106. The van der Waals surface area contributed by atoms with Crippen LogP contribution >= 0.6 is 0 Å². The van der Waals surface area contributed by atoms with Gasteiger partial charge >= 0.3 is 0 Å². The first-order chi connectivity index (χ1) is 4.70. The molecule has 10 heavy (non-hydrogen) atoms. The van der Waals surface area contributed by atoms with E-state index in [0.717, 1.165) is 6.42 Å². The predicted octanol–water partition coefficient (Wildman–Crippen LogP) is -0.120. The molecule has 0 spiro atoms. The first-order valence-electron chi connectivity index (χ1n) is 3.37. The summed E-state index contributed by atoms with van der Waals surface area (Å²) < 4.78 is 0. The molecule has 0 saturated heterocycles. The summed E-state index contributed by atoms with van der Waals surface area (Å²) in [5.74, 6) is -0.402. The fourth-order valence-corrected chi connectivity index (χ4v) is 0.451. The monoisotopic (exact) mass is 146 g/mol. The van der Waals surface area contributed by atoms with E-state index in [1.807, 2.05) is 13.8 Å². The lowest BCUT2D eigenvalue weighted by Gasteiger charge is -2.08. The summed E-state index contributed by atoms with van der Waals surface area (Å²) in [6, 6.07) is 0.317. The topological polar surface area (TPSA) is 61.4 Å². The number of hydrogen-bond acceptors (Lipinski definition) is 3. The van der Waals surface area contributed by atoms with E-state index in [1.165, 1.54) is 0 Å². The molecule has 0 aliphatic carbocycles. The predicted molar refractivity (Wildman–Crippen MR) is 37.7 cm³/mol. The molecule has 4 nitrogen and oxygen atoms in total. The van der Waals surface area contributed by atoms with Crippen molar-refractivity contribution in [3.05, 3.63) is 0 Å². The second-order valence-electron chi connectivity index (χ2n) is 2.23. The number of hydrogen-bond donors (Lipinski definition) is 3. The van der Waals surface area contributed by atoms with E-state index in [0.29, 0.717) is 6.04 Å². The molecule has 0 aliphatic rings. The van der Waals surface area contributed by atoms with Crippen molar-refractivity contribution >= 4 is 5.91 Å². The van der Waals surface area contributed by atoms with Gasteiger partial charge in [0.1, 0.15) is 0 Å². The van der Waals surface area contributed by atoms with E-state index in [1.54, 1.807) is 5.48 Å². The summed E-state index contributed by atoms with van der Waals surface area (Å²) in [4.78, 5) is 10.4. The minimum atomic E-state index is -0.402. The van der Waals surface area contributed by atoms with Gasteiger partial charge in [-0.05, 0) is 13.3 Å². The van der Waals surface area contributed by atoms with Crippen molar-refractivity contribution < 1.29 is 10.0 Å². The van der Waals surface area contributed by atoms with E-state index in [2.05, 4.69) is 5.32 Å². The Hall–Kier alpha value is -0.610. The highest BCUT2D eigenvalue weighted by atomic mass is 16.5. The SMILES string of the molecule is CCC(C)NCC(=O)NO. The third-order valence-corrected chi connectivity index (χ3v) is 1.35. The van der Waals surface area contributed by atoms with Gasteiger partial charge in [0.2, 0.25) is 0 Å². The quantitative estimate of drug-likeness (QED) is 0.383. The van der Waals surface area contributed by atoms with Crippen molar-refractivity contribution in [2.75, 3.05) is 6.54 Å². The average Bonchev–Trinajstić information content (AvgIpc) is 1.99. The molecule has 1 amide bonds. The minimum Gasteiger partial charge on any atom is -0.306 e. The van der Waals surface area contributed by atoms with Crippen LogP contribution in [0, 0.1) is 0 Å². The third-order valence-electron chi connectivity index (χ3n) is 1.35. The van der Waals surface area contributed by atoms with Gasteiger partial charge in [-0.2, -0.15) is 0 Å². The van der Waals surface area contributed by atoms with Crippen LogP contribution in [-0.4, -0.2) is 23.7 Å². The lowest BCUT2D eigenvalue weighted by molar-refractivity contribution is -0.128. The Morgan fingerprint density at radius 1 is 1.70 bits per heavy atom. The van der Waals surface area contributed by atoms with Gasteiger partial charge in [0, 0.05) is 6.04 Å². The fraction of sp³-hybridized carbons (Fsp3) is 0.833. The van der Waals surface area contributed by atoms with Crippen molar-refractivity contribution in [2.45, 2.75) is 26.3 Å². The van der Waals surface area contributed by atoms with Crippen LogP contribution in [0.2, 0.25) is 0 Å². The van der Waals surface area contributed by atoms with Crippen molar-refractivity contribution in [3.63, 3.8) is 0 Å². The van der Waals surface area contributed by atoms with Crippen molar-refractivity contribution in [3.8, 4) is 0 Å². The van der Waals surface area contributed by atoms with E-state index < -0.39 is 5.91 Å². The average molecular weight is 146 g/mol. The van der Waals surface area contributed by atoms with Crippen LogP contribution in [0.5, 0.6) is 0 Å². The first-order valence-corrected chi connectivity index (χ1v) is 3.37. The maximum atomic E-state index is 10.4. The number of hydroxylamine groups is 1. The molecule has 0 saturated carbocycles. The zero-order valence-electron chi connectivity index (χ0n) is 6.35. The van der Waals surface area contributed by atoms with Crippen LogP contribution in [0.3, 0.4) is 0 Å². The van der Waals surface area contributed by atoms with Gasteiger partial charge in [-0.3, -0.25) is 10.0 Å². The van der Waals surface area contributed by atoms with Gasteiger partial charge in [0.15, 0.2) is 0 Å². The zero-order valence-corrected chi connectivity index (χ0v) is 6.35. The molecule has 1 unspecified atom stereocenters. The van der Waals surface area contributed by atoms with Crippen LogP contribution in [0.15, 0.2) is 0 Å². The first kappa shape index (κ1) is 9.39. The summed E-state index contributed by atoms with van der Waals surface area (Å²) in [5, 5.41) is 11.0. The smallest absolute Gasteiger partial charge is 0.257 e. The van der Waals surface area contributed by atoms with Crippen LogP contribution < -0.4 is 10.8 Å². The number of carbonyl (C=O) groups is 1. The standard InChI is InChI=1S/C6H14N2O2/c1-3-5(2)7-4-6(9)8-10/h5,7,10H,3-4H2,1-2H3,(H,8,9). The van der Waals surface area contributed by atoms with Gasteiger partial charge in [-0.15, -0.1) is 0 Å². The van der Waals surface area contributed by atoms with E-state index >= 15 is 0 Å². The van der Waals surface area contributed by atoms with Crippen molar-refractivity contribution in [1.82, 2.24) is 10.8 Å². The number of rotatable bonds is 4. The summed E-state index contributed by atoms with van der Waals surface area (Å²) in [6.07, 6.45) is 0.971. The van der Waals surface area contributed by atoms with Gasteiger partial charge < -0.3 is 5.32 Å². The number of nitrogens with one attached hydrogen (secondary N) is 2. The van der Waals surface area contributed by atoms with Crippen LogP contribution in [0.4, 0.5) is 0 Å². The molecule has 0 fully saturated rings. The molecule has 0 radical (unpaired) electrons. The molecule has 0 rings (SSSR count). The van der Waals surface area contributed by atoms with E-state index in [-0.39, 0.29) is 6.54 Å². The Balaban J connectivity index is 3.26. The molecule has 0 aromatic carbocycles. The summed E-state index contributed by atoms with van der Waals surface area (Å²) in [5.41, 5.74) is 1.54. The second kappa shape index (κ2) is 5.20. The highest BCUT2D eigenvalue weighted by Crippen LogP contribution is 1.85. The van der Waals surface area contributed by atoms with Crippen LogP contribution in [0.1, 0.15) is 20.3 Å². The highest BCUT2D eigenvalue weighted by molar-refractivity contribution is 5.76. The molecule has 60 valence electrons. The summed E-state index contributed by atoms with van der Waals surface area (Å²) in [7, 11) is 0. The molecule has 0 bridgehead atoms. The van der Waals surface area contributed by atoms with Crippen LogP contribution in [-0.2, 0) is 4.79 Å². The zero-order chi connectivity index (χ0) is 7.98. The molecule has 0 aromatic heterocycles. The van der Waals surface area contributed by atoms with E-state index in [9.17, 15) is 4.79 Å². The van der Waals surface area contributed by atoms with Gasteiger partial charge in [-0.1, -0.05) is 6.92 Å². The number of amides is 1. The molecule has 0 aliphatic heterocycles. The molecule has 1 atom stereocenters. The molecular weight excluding hydrogens is 132 g/mol. The second-order valence-corrected chi connectivity index (χ2v) is 2.23. The summed E-state index contributed by atoms with van der Waals surface area (Å²) >= 11 is 0. The fourth-order valence-electron chi connectivity index (χ4n) is 0.451.